The molecule has 0 spiro atoms. The molecule has 7 aromatic rings. The topological polar surface area (TPSA) is 44.9 Å². The summed E-state index contributed by atoms with van der Waals surface area (Å²) in [6, 6.07) is 40.3. The van der Waals surface area contributed by atoms with Gasteiger partial charge in [-0.15, -0.1) is 35.7 Å². The Morgan fingerprint density at radius 2 is 1.57 bits per heavy atom. The fourth-order valence-electron chi connectivity index (χ4n) is 6.25. The van der Waals surface area contributed by atoms with Crippen LogP contribution in [0.2, 0.25) is 0 Å². The van der Waals surface area contributed by atoms with Crippen LogP contribution >= 0.6 is 0 Å². The van der Waals surface area contributed by atoms with Crippen LogP contribution in [0.3, 0.4) is 0 Å². The van der Waals surface area contributed by atoms with Crippen molar-refractivity contribution in [1.29, 1.82) is 0 Å². The zero-order valence-corrected chi connectivity index (χ0v) is 29.9. The van der Waals surface area contributed by atoms with Crippen molar-refractivity contribution < 1.29 is 25.8 Å². The second-order valence-electron chi connectivity index (χ2n) is 12.9. The van der Waals surface area contributed by atoms with Crippen LogP contribution in [0, 0.1) is 19.1 Å². The molecule has 0 atom stereocenters. The van der Waals surface area contributed by atoms with E-state index in [-0.39, 0.29) is 32.4 Å². The van der Waals surface area contributed by atoms with Gasteiger partial charge in [0, 0.05) is 34.2 Å². The van der Waals surface area contributed by atoms with Crippen LogP contribution < -0.4 is 4.74 Å². The van der Waals surface area contributed by atoms with E-state index in [2.05, 4.69) is 136 Å². The van der Waals surface area contributed by atoms with Gasteiger partial charge >= 0.3 is 21.1 Å². The van der Waals surface area contributed by atoms with Crippen molar-refractivity contribution in [3.8, 4) is 34.1 Å². The SMILES string of the molecule is CCC(C)(C)c1c(-c2ccccc2)c(C(C)C)nn1-c1[c-]c(Oc2[c-]c3c(cc2)c2ccccc2n3-c2cc(C)ccn2)ccc1.[Pt+2]. The molecule has 0 bridgehead atoms. The van der Waals surface area contributed by atoms with Gasteiger partial charge in [0.15, 0.2) is 0 Å². The minimum absolute atomic E-state index is 0. The van der Waals surface area contributed by atoms with E-state index in [4.69, 9.17) is 14.8 Å². The molecule has 0 aliphatic carbocycles. The number of aryl methyl sites for hydroxylation is 1. The van der Waals surface area contributed by atoms with Gasteiger partial charge in [0.25, 0.3) is 0 Å². The molecule has 4 aromatic carbocycles. The van der Waals surface area contributed by atoms with E-state index in [1.165, 1.54) is 16.8 Å². The first-order chi connectivity index (χ1) is 22.2. The van der Waals surface area contributed by atoms with E-state index in [0.29, 0.717) is 11.5 Å². The van der Waals surface area contributed by atoms with Gasteiger partial charge in [0.1, 0.15) is 5.82 Å². The molecule has 0 radical (unpaired) electrons. The number of fused-ring (bicyclic) bond motifs is 3. The van der Waals surface area contributed by atoms with Gasteiger partial charge in [-0.1, -0.05) is 88.7 Å². The molecule has 3 heterocycles. The molecule has 238 valence electrons. The van der Waals surface area contributed by atoms with Crippen LogP contribution in [-0.2, 0) is 26.5 Å². The predicted molar refractivity (Wildman–Crippen MR) is 187 cm³/mol. The third-order valence-electron chi connectivity index (χ3n) is 8.93. The molecule has 47 heavy (non-hydrogen) atoms. The molecular formula is C41H38N4OPt. The minimum Gasteiger partial charge on any atom is -0.509 e. The van der Waals surface area contributed by atoms with Gasteiger partial charge in [-0.25, -0.2) is 4.98 Å². The molecular weight excluding hydrogens is 760 g/mol. The Balaban J connectivity index is 0.00000386. The molecule has 3 aromatic heterocycles. The number of hydrogen-bond donors (Lipinski definition) is 0. The maximum atomic E-state index is 6.49. The number of nitrogens with zero attached hydrogens (tertiary/aromatic N) is 4. The number of aromatic nitrogens is 4. The first-order valence-corrected chi connectivity index (χ1v) is 16.0. The van der Waals surface area contributed by atoms with E-state index < -0.39 is 0 Å². The van der Waals surface area contributed by atoms with Crippen LogP contribution in [-0.4, -0.2) is 19.3 Å². The molecule has 0 aliphatic heterocycles. The third-order valence-corrected chi connectivity index (χ3v) is 8.93. The average molecular weight is 798 g/mol. The molecule has 0 amide bonds. The van der Waals surface area contributed by atoms with Gasteiger partial charge in [0.2, 0.25) is 0 Å². The summed E-state index contributed by atoms with van der Waals surface area (Å²) < 4.78 is 10.7. The summed E-state index contributed by atoms with van der Waals surface area (Å²) in [7, 11) is 0. The van der Waals surface area contributed by atoms with Gasteiger partial charge in [-0.2, -0.15) is 17.2 Å². The number of para-hydroxylation sites is 1. The molecule has 7 rings (SSSR count). The van der Waals surface area contributed by atoms with E-state index in [1.54, 1.807) is 0 Å². The maximum absolute atomic E-state index is 6.49. The number of ether oxygens (including phenoxy) is 1. The maximum Gasteiger partial charge on any atom is 2.00 e. The Labute approximate surface area is 291 Å². The molecule has 0 unspecified atom stereocenters. The van der Waals surface area contributed by atoms with Crippen LogP contribution in [0.25, 0.3) is 44.4 Å². The van der Waals surface area contributed by atoms with E-state index in [1.807, 2.05) is 30.5 Å². The van der Waals surface area contributed by atoms with Crippen molar-refractivity contribution in [2.24, 2.45) is 0 Å². The van der Waals surface area contributed by atoms with Crippen LogP contribution in [0.15, 0.2) is 103 Å². The van der Waals surface area contributed by atoms with Crippen LogP contribution in [0.1, 0.15) is 63.9 Å². The quantitative estimate of drug-likeness (QED) is 0.144. The van der Waals surface area contributed by atoms with Gasteiger partial charge in [-0.05, 0) is 59.7 Å². The Bertz CT molecular complexity index is 2190. The van der Waals surface area contributed by atoms with Gasteiger partial charge in [0.05, 0.1) is 11.4 Å². The van der Waals surface area contributed by atoms with Crippen LogP contribution in [0.5, 0.6) is 11.5 Å². The van der Waals surface area contributed by atoms with Crippen molar-refractivity contribution in [2.75, 3.05) is 0 Å². The first-order valence-electron chi connectivity index (χ1n) is 16.0. The third kappa shape index (κ3) is 5.94. The second kappa shape index (κ2) is 13.0. The zero-order chi connectivity index (χ0) is 32.0. The largest absolute Gasteiger partial charge is 2.00 e. The molecule has 0 aliphatic rings. The summed E-state index contributed by atoms with van der Waals surface area (Å²) in [6.07, 6.45) is 2.81. The molecule has 0 saturated heterocycles. The monoisotopic (exact) mass is 797 g/mol. The number of pyridine rings is 1. The predicted octanol–water partition coefficient (Wildman–Crippen LogP) is 10.5. The number of rotatable bonds is 8. The summed E-state index contributed by atoms with van der Waals surface area (Å²) >= 11 is 0. The van der Waals surface area contributed by atoms with Crippen molar-refractivity contribution in [3.05, 3.63) is 132 Å². The Kier molecular flexibility index (Phi) is 8.96. The molecule has 5 nitrogen and oxygen atoms in total. The first kappa shape index (κ1) is 32.5. The average Bonchev–Trinajstić information content (AvgIpc) is 3.63. The Morgan fingerprint density at radius 3 is 2.32 bits per heavy atom. The van der Waals surface area contributed by atoms with E-state index in [9.17, 15) is 0 Å². The van der Waals surface area contributed by atoms with Crippen molar-refractivity contribution in [1.82, 2.24) is 19.3 Å². The van der Waals surface area contributed by atoms with Gasteiger partial charge < -0.3 is 9.30 Å². The number of benzene rings is 4. The fraction of sp³-hybridized carbons (Fsp3) is 0.220. The van der Waals surface area contributed by atoms with Crippen molar-refractivity contribution in [3.63, 3.8) is 0 Å². The normalized spacial score (nSPS) is 11.7. The summed E-state index contributed by atoms with van der Waals surface area (Å²) in [4.78, 5) is 4.71. The second-order valence-corrected chi connectivity index (χ2v) is 12.9. The standard InChI is InChI=1S/C41H38N4O.Pt/c1-7-41(5,6)40-38(29-14-9-8-10-15-29)39(27(2)3)43-45(40)30-16-13-17-31(25-30)46-32-20-21-34-33-18-11-12-19-35(33)44(36(34)26-32)37-24-28(4)22-23-42-37;/h8-24,27H,7H2,1-6H3;/q-2;+2. The van der Waals surface area contributed by atoms with Crippen LogP contribution in [0.4, 0.5) is 0 Å². The molecule has 0 N–H and O–H groups in total. The van der Waals surface area contributed by atoms with Gasteiger partial charge in [-0.3, -0.25) is 4.68 Å². The summed E-state index contributed by atoms with van der Waals surface area (Å²) in [5, 5.41) is 7.50. The Hall–Kier alpha value is -4.47. The van der Waals surface area contributed by atoms with E-state index >= 15 is 0 Å². The molecule has 6 heteroatoms. The fourth-order valence-corrected chi connectivity index (χ4v) is 6.25. The van der Waals surface area contributed by atoms with E-state index in [0.717, 1.165) is 51.0 Å². The van der Waals surface area contributed by atoms with Crippen molar-refractivity contribution in [2.45, 2.75) is 59.3 Å². The summed E-state index contributed by atoms with van der Waals surface area (Å²) in [5.41, 5.74) is 8.51. The summed E-state index contributed by atoms with van der Waals surface area (Å²) in [6.45, 7) is 13.3. The molecule has 0 saturated carbocycles. The number of hydrogen-bond acceptors (Lipinski definition) is 3. The minimum atomic E-state index is -0.133. The van der Waals surface area contributed by atoms with Crippen molar-refractivity contribution >= 4 is 21.8 Å². The zero-order valence-electron chi connectivity index (χ0n) is 27.6. The Morgan fingerprint density at radius 1 is 0.830 bits per heavy atom. The smallest absolute Gasteiger partial charge is 0.509 e. The summed E-state index contributed by atoms with van der Waals surface area (Å²) in [5.74, 6) is 2.32. The molecule has 0 fully saturated rings.